The van der Waals surface area contributed by atoms with Gasteiger partial charge < -0.3 is 4.42 Å². The second-order valence-electron chi connectivity index (χ2n) is 5.70. The van der Waals surface area contributed by atoms with Crippen molar-refractivity contribution in [3.8, 4) is 11.6 Å². The topological polar surface area (TPSA) is 123 Å². The molecule has 2 aromatic heterocycles. The molecule has 1 N–H and O–H groups in total. The van der Waals surface area contributed by atoms with E-state index in [4.69, 9.17) is 4.42 Å². The van der Waals surface area contributed by atoms with Crippen molar-refractivity contribution in [2.75, 3.05) is 24.7 Å². The number of hydrogen-bond donors (Lipinski definition) is 1. The van der Waals surface area contributed by atoms with Crippen LogP contribution in [-0.2, 0) is 21.9 Å². The monoisotopic (exact) mass is 354 g/mol. The van der Waals surface area contributed by atoms with Crippen LogP contribution in [-0.4, -0.2) is 58.0 Å². The molecule has 1 saturated heterocycles. The van der Waals surface area contributed by atoms with E-state index in [2.05, 4.69) is 20.6 Å². The van der Waals surface area contributed by atoms with Crippen LogP contribution in [0.5, 0.6) is 0 Å². The SMILES string of the molecule is Cn1nccc1-c1nnc(NC(=O)C2CCCN(S(C)(=O)=O)C2)o1. The lowest BCUT2D eigenvalue weighted by Crippen LogP contribution is -2.43. The third kappa shape index (κ3) is 3.46. The lowest BCUT2D eigenvalue weighted by atomic mass is 9.99. The predicted octanol–water partition coefficient (Wildman–Crippen LogP) is 0.0802. The fourth-order valence-electron chi connectivity index (χ4n) is 2.63. The first-order chi connectivity index (χ1) is 11.3. The van der Waals surface area contributed by atoms with E-state index in [1.54, 1.807) is 24.0 Å². The zero-order valence-corrected chi connectivity index (χ0v) is 14.2. The summed E-state index contributed by atoms with van der Waals surface area (Å²) in [5.74, 6) is -0.532. The average Bonchev–Trinajstić information content (AvgIpc) is 3.15. The maximum absolute atomic E-state index is 12.3. The highest BCUT2D eigenvalue weighted by molar-refractivity contribution is 7.88. The Labute approximate surface area is 138 Å². The Morgan fingerprint density at radius 3 is 2.88 bits per heavy atom. The van der Waals surface area contributed by atoms with Crippen molar-refractivity contribution in [2.45, 2.75) is 12.8 Å². The molecule has 0 radical (unpaired) electrons. The number of rotatable bonds is 4. The lowest BCUT2D eigenvalue weighted by Gasteiger charge is -2.29. The number of piperidine rings is 1. The van der Waals surface area contributed by atoms with Crippen LogP contribution in [0, 0.1) is 5.92 Å². The van der Waals surface area contributed by atoms with Crippen LogP contribution in [0.2, 0.25) is 0 Å². The number of sulfonamides is 1. The fraction of sp³-hybridized carbons (Fsp3) is 0.538. The summed E-state index contributed by atoms with van der Waals surface area (Å²) >= 11 is 0. The second-order valence-corrected chi connectivity index (χ2v) is 7.68. The van der Waals surface area contributed by atoms with Gasteiger partial charge in [0.05, 0.1) is 12.2 Å². The molecule has 2 aromatic rings. The zero-order chi connectivity index (χ0) is 17.3. The normalized spacial score (nSPS) is 19.3. The number of nitrogens with zero attached hydrogens (tertiary/aromatic N) is 5. The molecule has 24 heavy (non-hydrogen) atoms. The minimum absolute atomic E-state index is 0.0207. The standard InChI is InChI=1S/C13H18N6O4S/c1-18-10(5-6-14-18)12-16-17-13(23-12)15-11(20)9-4-3-7-19(8-9)24(2,21)22/h5-6,9H,3-4,7-8H2,1-2H3,(H,15,17,20). The predicted molar refractivity (Wildman–Crippen MR) is 84.3 cm³/mol. The molecule has 0 spiro atoms. The Balaban J connectivity index is 1.67. The fourth-order valence-corrected chi connectivity index (χ4v) is 3.54. The van der Waals surface area contributed by atoms with Crippen molar-refractivity contribution in [2.24, 2.45) is 13.0 Å². The van der Waals surface area contributed by atoms with Gasteiger partial charge in [-0.15, -0.1) is 5.10 Å². The number of carbonyl (C=O) groups excluding carboxylic acids is 1. The summed E-state index contributed by atoms with van der Waals surface area (Å²) in [5.41, 5.74) is 0.629. The molecule has 0 bridgehead atoms. The van der Waals surface area contributed by atoms with Crippen LogP contribution in [0.1, 0.15) is 12.8 Å². The number of hydrogen-bond acceptors (Lipinski definition) is 7. The summed E-state index contributed by atoms with van der Waals surface area (Å²) in [6, 6.07) is 1.69. The van der Waals surface area contributed by atoms with E-state index in [0.29, 0.717) is 25.1 Å². The van der Waals surface area contributed by atoms with Crippen molar-refractivity contribution >= 4 is 21.9 Å². The maximum Gasteiger partial charge on any atom is 0.322 e. The van der Waals surface area contributed by atoms with Gasteiger partial charge in [-0.05, 0) is 18.9 Å². The summed E-state index contributed by atoms with van der Waals surface area (Å²) in [6.07, 6.45) is 3.99. The minimum Gasteiger partial charge on any atom is -0.401 e. The molecule has 1 fully saturated rings. The van der Waals surface area contributed by atoms with E-state index in [9.17, 15) is 13.2 Å². The van der Waals surface area contributed by atoms with Crippen molar-refractivity contribution in [1.29, 1.82) is 0 Å². The number of anilines is 1. The largest absolute Gasteiger partial charge is 0.401 e. The summed E-state index contributed by atoms with van der Waals surface area (Å²) in [7, 11) is -1.57. The van der Waals surface area contributed by atoms with E-state index in [0.717, 1.165) is 6.26 Å². The van der Waals surface area contributed by atoms with Gasteiger partial charge >= 0.3 is 6.01 Å². The summed E-state index contributed by atoms with van der Waals surface area (Å²) < 4.78 is 31.6. The second kappa shape index (κ2) is 6.32. The van der Waals surface area contributed by atoms with Crippen LogP contribution < -0.4 is 5.32 Å². The summed E-state index contributed by atoms with van der Waals surface area (Å²) in [5, 5.41) is 14.2. The molecule has 1 amide bonds. The van der Waals surface area contributed by atoms with Gasteiger partial charge in [-0.2, -0.15) is 5.10 Å². The van der Waals surface area contributed by atoms with Crippen LogP contribution in [0.4, 0.5) is 6.01 Å². The number of amides is 1. The van der Waals surface area contributed by atoms with Crippen LogP contribution >= 0.6 is 0 Å². The van der Waals surface area contributed by atoms with Crippen molar-refractivity contribution < 1.29 is 17.6 Å². The van der Waals surface area contributed by atoms with E-state index < -0.39 is 15.9 Å². The molecule has 11 heteroatoms. The van der Waals surface area contributed by atoms with Crippen molar-refractivity contribution in [3.05, 3.63) is 12.3 Å². The molecule has 10 nitrogen and oxygen atoms in total. The molecule has 3 heterocycles. The molecule has 0 saturated carbocycles. The Bertz CT molecular complexity index is 842. The van der Waals surface area contributed by atoms with Gasteiger partial charge in [0.15, 0.2) is 0 Å². The highest BCUT2D eigenvalue weighted by Crippen LogP contribution is 2.22. The quantitative estimate of drug-likeness (QED) is 0.824. The number of carbonyl (C=O) groups is 1. The van der Waals surface area contributed by atoms with E-state index >= 15 is 0 Å². The molecule has 1 atom stereocenters. The average molecular weight is 354 g/mol. The van der Waals surface area contributed by atoms with Crippen LogP contribution in [0.3, 0.4) is 0 Å². The van der Waals surface area contributed by atoms with E-state index in [1.807, 2.05) is 0 Å². The first kappa shape index (κ1) is 16.6. The molecule has 1 aliphatic heterocycles. The molecule has 3 rings (SSSR count). The number of aryl methyl sites for hydroxylation is 1. The van der Waals surface area contributed by atoms with Gasteiger partial charge in [0.25, 0.3) is 5.89 Å². The van der Waals surface area contributed by atoms with Gasteiger partial charge in [0.2, 0.25) is 15.9 Å². The minimum atomic E-state index is -3.30. The van der Waals surface area contributed by atoms with Gasteiger partial charge in [-0.25, -0.2) is 12.7 Å². The number of nitrogens with one attached hydrogen (secondary N) is 1. The Morgan fingerprint density at radius 1 is 1.42 bits per heavy atom. The Kier molecular flexibility index (Phi) is 4.37. The highest BCUT2D eigenvalue weighted by atomic mass is 32.2. The Morgan fingerprint density at radius 2 is 2.21 bits per heavy atom. The maximum atomic E-state index is 12.3. The highest BCUT2D eigenvalue weighted by Gasteiger charge is 2.30. The molecule has 0 aromatic carbocycles. The number of aromatic nitrogens is 4. The van der Waals surface area contributed by atoms with Gasteiger partial charge in [0.1, 0.15) is 5.69 Å². The van der Waals surface area contributed by atoms with Gasteiger partial charge in [0, 0.05) is 26.3 Å². The van der Waals surface area contributed by atoms with Crippen LogP contribution in [0.15, 0.2) is 16.7 Å². The van der Waals surface area contributed by atoms with E-state index in [-0.39, 0.29) is 24.4 Å². The first-order valence-corrected chi connectivity index (χ1v) is 9.27. The molecule has 0 aliphatic carbocycles. The van der Waals surface area contributed by atoms with Gasteiger partial charge in [-0.3, -0.25) is 14.8 Å². The molecule has 1 aliphatic rings. The molecule has 130 valence electrons. The molecular formula is C13H18N6O4S. The first-order valence-electron chi connectivity index (χ1n) is 7.42. The molecule has 1 unspecified atom stereocenters. The van der Waals surface area contributed by atoms with Crippen LogP contribution in [0.25, 0.3) is 11.6 Å². The Hall–Kier alpha value is -2.27. The zero-order valence-electron chi connectivity index (χ0n) is 13.3. The third-order valence-corrected chi connectivity index (χ3v) is 5.19. The van der Waals surface area contributed by atoms with Crippen molar-refractivity contribution in [3.63, 3.8) is 0 Å². The smallest absolute Gasteiger partial charge is 0.322 e. The summed E-state index contributed by atoms with van der Waals surface area (Å²) in [6.45, 7) is 0.598. The van der Waals surface area contributed by atoms with Gasteiger partial charge in [-0.1, -0.05) is 5.10 Å². The third-order valence-electron chi connectivity index (χ3n) is 3.92. The lowest BCUT2D eigenvalue weighted by molar-refractivity contribution is -0.121. The van der Waals surface area contributed by atoms with Crippen molar-refractivity contribution in [1.82, 2.24) is 24.3 Å². The van der Waals surface area contributed by atoms with E-state index in [1.165, 1.54) is 4.31 Å². The molecular weight excluding hydrogens is 336 g/mol. The summed E-state index contributed by atoms with van der Waals surface area (Å²) in [4.78, 5) is 12.3.